The third kappa shape index (κ3) is 4.13. The molecule has 122 valence electrons. The number of carbonyl (C=O) groups is 2. The molecule has 3 amide bonds. The molecular weight excluding hydrogens is 308 g/mol. The Bertz CT molecular complexity index is 843. The molecule has 0 atom stereocenters. The lowest BCUT2D eigenvalue weighted by atomic mass is 10.1. The number of furan rings is 1. The molecule has 0 unspecified atom stereocenters. The van der Waals surface area contributed by atoms with Crippen LogP contribution in [0.15, 0.2) is 65.3 Å². The SMILES string of the molecule is O=C(COc1ccc2ccccc2c1)NC(=O)NCc1ccco1. The van der Waals surface area contributed by atoms with Crippen LogP contribution in [0.1, 0.15) is 5.76 Å². The minimum absolute atomic E-state index is 0.206. The van der Waals surface area contributed by atoms with E-state index in [0.717, 1.165) is 10.8 Å². The van der Waals surface area contributed by atoms with E-state index < -0.39 is 11.9 Å². The zero-order valence-electron chi connectivity index (χ0n) is 12.8. The largest absolute Gasteiger partial charge is 0.484 e. The Balaban J connectivity index is 1.46. The monoisotopic (exact) mass is 324 g/mol. The van der Waals surface area contributed by atoms with Gasteiger partial charge in [-0.1, -0.05) is 30.3 Å². The van der Waals surface area contributed by atoms with E-state index in [0.29, 0.717) is 11.5 Å². The van der Waals surface area contributed by atoms with Gasteiger partial charge in [0.1, 0.15) is 11.5 Å². The first-order valence-electron chi connectivity index (χ1n) is 7.42. The number of hydrogen-bond donors (Lipinski definition) is 2. The molecule has 0 fully saturated rings. The van der Waals surface area contributed by atoms with Crippen molar-refractivity contribution in [3.63, 3.8) is 0 Å². The van der Waals surface area contributed by atoms with Crippen molar-refractivity contribution in [3.8, 4) is 5.75 Å². The Hall–Kier alpha value is -3.28. The highest BCUT2D eigenvalue weighted by atomic mass is 16.5. The van der Waals surface area contributed by atoms with Crippen molar-refractivity contribution in [2.75, 3.05) is 6.61 Å². The summed E-state index contributed by atoms with van der Waals surface area (Å²) >= 11 is 0. The molecule has 0 aliphatic heterocycles. The van der Waals surface area contributed by atoms with Crippen molar-refractivity contribution in [1.82, 2.24) is 10.6 Å². The molecule has 0 saturated carbocycles. The molecule has 0 bridgehead atoms. The Morgan fingerprint density at radius 1 is 1.00 bits per heavy atom. The average molecular weight is 324 g/mol. The minimum Gasteiger partial charge on any atom is -0.484 e. The number of rotatable bonds is 5. The molecule has 0 radical (unpaired) electrons. The van der Waals surface area contributed by atoms with Crippen LogP contribution in [0, 0.1) is 0 Å². The second-order valence-corrected chi connectivity index (χ2v) is 5.11. The third-order valence-corrected chi connectivity index (χ3v) is 3.35. The number of benzene rings is 2. The van der Waals surface area contributed by atoms with Crippen LogP contribution in [0.2, 0.25) is 0 Å². The quantitative estimate of drug-likeness (QED) is 0.756. The van der Waals surface area contributed by atoms with Crippen molar-refractivity contribution in [3.05, 3.63) is 66.6 Å². The molecule has 2 N–H and O–H groups in total. The number of fused-ring (bicyclic) bond motifs is 1. The van der Waals surface area contributed by atoms with Gasteiger partial charge >= 0.3 is 6.03 Å². The number of hydrogen-bond acceptors (Lipinski definition) is 4. The maximum absolute atomic E-state index is 11.7. The number of carbonyl (C=O) groups excluding carboxylic acids is 2. The van der Waals surface area contributed by atoms with Crippen LogP contribution in [0.25, 0.3) is 10.8 Å². The molecule has 0 spiro atoms. The smallest absolute Gasteiger partial charge is 0.321 e. The molecule has 24 heavy (non-hydrogen) atoms. The second kappa shape index (κ2) is 7.32. The van der Waals surface area contributed by atoms with Gasteiger partial charge in [-0.3, -0.25) is 10.1 Å². The van der Waals surface area contributed by atoms with E-state index >= 15 is 0 Å². The lowest BCUT2D eigenvalue weighted by Crippen LogP contribution is -2.41. The number of amides is 3. The summed E-state index contributed by atoms with van der Waals surface area (Å²) in [6.07, 6.45) is 1.51. The Morgan fingerprint density at radius 2 is 1.83 bits per heavy atom. The van der Waals surface area contributed by atoms with E-state index in [4.69, 9.17) is 9.15 Å². The predicted octanol–water partition coefficient (Wildman–Crippen LogP) is 2.84. The highest BCUT2D eigenvalue weighted by Crippen LogP contribution is 2.20. The molecule has 0 saturated heterocycles. The fourth-order valence-electron chi connectivity index (χ4n) is 2.19. The van der Waals surface area contributed by atoms with Crippen molar-refractivity contribution in [2.45, 2.75) is 6.54 Å². The van der Waals surface area contributed by atoms with Gasteiger partial charge < -0.3 is 14.5 Å². The van der Waals surface area contributed by atoms with Gasteiger partial charge in [-0.2, -0.15) is 0 Å². The Kier molecular flexibility index (Phi) is 4.76. The van der Waals surface area contributed by atoms with Gasteiger partial charge in [0, 0.05) is 0 Å². The van der Waals surface area contributed by atoms with E-state index in [9.17, 15) is 9.59 Å². The molecule has 3 aromatic rings. The van der Waals surface area contributed by atoms with Gasteiger partial charge in [0.05, 0.1) is 12.8 Å². The van der Waals surface area contributed by atoms with Crippen LogP contribution >= 0.6 is 0 Å². The van der Waals surface area contributed by atoms with Crippen molar-refractivity contribution >= 4 is 22.7 Å². The highest BCUT2D eigenvalue weighted by molar-refractivity contribution is 5.95. The molecule has 2 aromatic carbocycles. The van der Waals surface area contributed by atoms with Crippen LogP contribution in [0.4, 0.5) is 4.79 Å². The molecule has 6 heteroatoms. The summed E-state index contributed by atoms with van der Waals surface area (Å²) in [6, 6.07) is 16.2. The van der Waals surface area contributed by atoms with E-state index in [1.807, 2.05) is 36.4 Å². The lowest BCUT2D eigenvalue weighted by molar-refractivity contribution is -0.122. The molecule has 0 aliphatic carbocycles. The van der Waals surface area contributed by atoms with Crippen LogP contribution in [-0.2, 0) is 11.3 Å². The van der Waals surface area contributed by atoms with Crippen LogP contribution < -0.4 is 15.4 Å². The fourth-order valence-corrected chi connectivity index (χ4v) is 2.19. The summed E-state index contributed by atoms with van der Waals surface area (Å²) in [7, 11) is 0. The zero-order valence-corrected chi connectivity index (χ0v) is 12.8. The average Bonchev–Trinajstić information content (AvgIpc) is 3.11. The highest BCUT2D eigenvalue weighted by Gasteiger charge is 2.09. The first kappa shape index (κ1) is 15.6. The summed E-state index contributed by atoms with van der Waals surface area (Å²) < 4.78 is 10.5. The lowest BCUT2D eigenvalue weighted by Gasteiger charge is -2.08. The van der Waals surface area contributed by atoms with E-state index in [1.54, 1.807) is 18.2 Å². The third-order valence-electron chi connectivity index (χ3n) is 3.35. The second-order valence-electron chi connectivity index (χ2n) is 5.11. The molecule has 1 heterocycles. The summed E-state index contributed by atoms with van der Waals surface area (Å²) in [5.41, 5.74) is 0. The van der Waals surface area contributed by atoms with Gasteiger partial charge in [-0.15, -0.1) is 0 Å². The van der Waals surface area contributed by atoms with Gasteiger partial charge in [-0.05, 0) is 35.0 Å². The topological polar surface area (TPSA) is 80.6 Å². The van der Waals surface area contributed by atoms with Gasteiger partial charge in [0.25, 0.3) is 5.91 Å². The fraction of sp³-hybridized carbons (Fsp3) is 0.111. The molecule has 3 rings (SSSR count). The maximum Gasteiger partial charge on any atom is 0.321 e. The van der Waals surface area contributed by atoms with Gasteiger partial charge in [0.2, 0.25) is 0 Å². The Labute approximate surface area is 138 Å². The molecule has 6 nitrogen and oxygen atoms in total. The number of imide groups is 1. The van der Waals surface area contributed by atoms with Crippen molar-refractivity contribution < 1.29 is 18.7 Å². The number of nitrogens with one attached hydrogen (secondary N) is 2. The maximum atomic E-state index is 11.7. The molecule has 1 aromatic heterocycles. The summed E-state index contributed by atoms with van der Waals surface area (Å²) in [5, 5.41) is 6.82. The minimum atomic E-state index is -0.599. The zero-order chi connectivity index (χ0) is 16.8. The number of urea groups is 1. The summed E-state index contributed by atoms with van der Waals surface area (Å²) in [6.45, 7) is -0.0375. The van der Waals surface area contributed by atoms with Crippen LogP contribution in [0.3, 0.4) is 0 Å². The predicted molar refractivity (Wildman–Crippen MR) is 88.5 cm³/mol. The van der Waals surface area contributed by atoms with Gasteiger partial charge in [-0.25, -0.2) is 4.79 Å². The van der Waals surface area contributed by atoms with Crippen LogP contribution in [-0.4, -0.2) is 18.5 Å². The first-order valence-corrected chi connectivity index (χ1v) is 7.42. The Morgan fingerprint density at radius 3 is 2.62 bits per heavy atom. The molecule has 0 aliphatic rings. The van der Waals surface area contributed by atoms with Gasteiger partial charge in [0.15, 0.2) is 6.61 Å². The van der Waals surface area contributed by atoms with E-state index in [1.165, 1.54) is 6.26 Å². The van der Waals surface area contributed by atoms with Crippen LogP contribution in [0.5, 0.6) is 5.75 Å². The summed E-state index contributed by atoms with van der Waals surface area (Å²) in [5.74, 6) is 0.643. The summed E-state index contributed by atoms with van der Waals surface area (Å²) in [4.78, 5) is 23.3. The van der Waals surface area contributed by atoms with Crippen molar-refractivity contribution in [1.29, 1.82) is 0 Å². The standard InChI is InChI=1S/C18H16N2O4/c21-17(20-18(22)19-11-16-6-3-9-23-16)12-24-15-8-7-13-4-1-2-5-14(13)10-15/h1-10H,11-12H2,(H2,19,20,21,22). The van der Waals surface area contributed by atoms with E-state index in [-0.39, 0.29) is 13.2 Å². The number of ether oxygens (including phenoxy) is 1. The first-order chi connectivity index (χ1) is 11.7. The normalized spacial score (nSPS) is 10.3. The van der Waals surface area contributed by atoms with E-state index in [2.05, 4.69) is 10.6 Å². The van der Waals surface area contributed by atoms with Crippen molar-refractivity contribution in [2.24, 2.45) is 0 Å². The molecular formula is C18H16N2O4.